The summed E-state index contributed by atoms with van der Waals surface area (Å²) >= 11 is 6.03. The van der Waals surface area contributed by atoms with Gasteiger partial charge in [0.15, 0.2) is 0 Å². The van der Waals surface area contributed by atoms with Crippen LogP contribution in [-0.4, -0.2) is 4.98 Å². The molecule has 100 valence electrons. The largest absolute Gasteiger partial charge is 0.309 e. The number of hydrogen-bond donors (Lipinski definition) is 1. The maximum Gasteiger partial charge on any atom is 0.129 e. The second-order valence-corrected chi connectivity index (χ2v) is 5.02. The van der Waals surface area contributed by atoms with E-state index in [0.717, 1.165) is 11.1 Å². The Morgan fingerprint density at radius 3 is 2.53 bits per heavy atom. The molecule has 1 aromatic heterocycles. The van der Waals surface area contributed by atoms with E-state index in [2.05, 4.69) is 10.3 Å². The highest BCUT2D eigenvalue weighted by atomic mass is 35.5. The fourth-order valence-electron chi connectivity index (χ4n) is 2.03. The molecule has 0 unspecified atom stereocenters. The first-order valence-electron chi connectivity index (χ1n) is 6.12. The molecule has 19 heavy (non-hydrogen) atoms. The zero-order chi connectivity index (χ0) is 13.8. The third-order valence-electron chi connectivity index (χ3n) is 3.00. The highest BCUT2D eigenvalue weighted by molar-refractivity contribution is 6.31. The van der Waals surface area contributed by atoms with Crippen LogP contribution in [0, 0.1) is 19.7 Å². The van der Waals surface area contributed by atoms with Gasteiger partial charge in [-0.3, -0.25) is 4.98 Å². The first-order chi connectivity index (χ1) is 9.08. The van der Waals surface area contributed by atoms with Gasteiger partial charge in [-0.2, -0.15) is 0 Å². The lowest BCUT2D eigenvalue weighted by molar-refractivity contribution is 0.606. The molecule has 0 spiro atoms. The van der Waals surface area contributed by atoms with Gasteiger partial charge in [-0.05, 0) is 42.2 Å². The molecule has 0 amide bonds. The molecule has 2 nitrogen and oxygen atoms in total. The number of hydrogen-bond acceptors (Lipinski definition) is 2. The van der Waals surface area contributed by atoms with Crippen LogP contribution in [0.15, 0.2) is 30.6 Å². The molecule has 0 aliphatic rings. The normalized spacial score (nSPS) is 10.7. The molecule has 2 aromatic rings. The van der Waals surface area contributed by atoms with Crippen molar-refractivity contribution in [2.24, 2.45) is 0 Å². The van der Waals surface area contributed by atoms with E-state index >= 15 is 0 Å². The fourth-order valence-corrected chi connectivity index (χ4v) is 2.21. The molecule has 1 N–H and O–H groups in total. The van der Waals surface area contributed by atoms with E-state index in [9.17, 15) is 4.39 Å². The molecule has 0 atom stereocenters. The second kappa shape index (κ2) is 6.13. The van der Waals surface area contributed by atoms with E-state index in [0.29, 0.717) is 29.2 Å². The van der Waals surface area contributed by atoms with E-state index in [-0.39, 0.29) is 5.82 Å². The van der Waals surface area contributed by atoms with Crippen LogP contribution in [-0.2, 0) is 13.1 Å². The molecule has 2 rings (SSSR count). The van der Waals surface area contributed by atoms with Gasteiger partial charge in [0.2, 0.25) is 0 Å². The van der Waals surface area contributed by atoms with E-state index in [1.807, 2.05) is 18.2 Å². The van der Waals surface area contributed by atoms with Gasteiger partial charge in [0.05, 0.1) is 5.02 Å². The van der Waals surface area contributed by atoms with Crippen molar-refractivity contribution in [3.63, 3.8) is 0 Å². The van der Waals surface area contributed by atoms with Gasteiger partial charge in [-0.25, -0.2) is 4.39 Å². The maximum absolute atomic E-state index is 13.5. The minimum atomic E-state index is -0.124. The summed E-state index contributed by atoms with van der Waals surface area (Å²) in [5, 5.41) is 3.95. The molecule has 1 aromatic carbocycles. The Kier molecular flexibility index (Phi) is 4.51. The molecule has 4 heteroatoms. The Labute approximate surface area is 117 Å². The van der Waals surface area contributed by atoms with Crippen LogP contribution in [0.4, 0.5) is 4.39 Å². The quantitative estimate of drug-likeness (QED) is 0.921. The van der Waals surface area contributed by atoms with Crippen LogP contribution in [0.2, 0.25) is 5.02 Å². The molecule has 0 aliphatic heterocycles. The Morgan fingerprint density at radius 1 is 1.21 bits per heavy atom. The smallest absolute Gasteiger partial charge is 0.129 e. The van der Waals surface area contributed by atoms with Crippen LogP contribution in [0.1, 0.15) is 22.3 Å². The lowest BCUT2D eigenvalue weighted by Crippen LogP contribution is -2.13. The Hall–Kier alpha value is -1.45. The summed E-state index contributed by atoms with van der Waals surface area (Å²) in [5.41, 5.74) is 3.44. The molecular formula is C15H16ClFN2. The van der Waals surface area contributed by atoms with Crippen molar-refractivity contribution in [1.29, 1.82) is 0 Å². The molecule has 0 saturated carbocycles. The van der Waals surface area contributed by atoms with Gasteiger partial charge < -0.3 is 5.32 Å². The summed E-state index contributed by atoms with van der Waals surface area (Å²) in [7, 11) is 0. The minimum Gasteiger partial charge on any atom is -0.309 e. The van der Waals surface area contributed by atoms with Crippen molar-refractivity contribution >= 4 is 11.6 Å². The summed E-state index contributed by atoms with van der Waals surface area (Å²) in [6, 6.07) is 5.61. The summed E-state index contributed by atoms with van der Waals surface area (Å²) in [6.07, 6.45) is 3.35. The topological polar surface area (TPSA) is 24.9 Å². The van der Waals surface area contributed by atoms with Gasteiger partial charge in [0, 0.05) is 25.5 Å². The maximum atomic E-state index is 13.5. The molecule has 0 fully saturated rings. The fraction of sp³-hybridized carbons (Fsp3) is 0.267. The van der Waals surface area contributed by atoms with Gasteiger partial charge in [0.1, 0.15) is 5.82 Å². The molecular weight excluding hydrogens is 263 g/mol. The first-order valence-corrected chi connectivity index (χ1v) is 6.50. The summed E-state index contributed by atoms with van der Waals surface area (Å²) in [4.78, 5) is 3.94. The van der Waals surface area contributed by atoms with E-state index in [1.54, 1.807) is 26.2 Å². The number of aromatic nitrogens is 1. The number of aryl methyl sites for hydroxylation is 2. The summed E-state index contributed by atoms with van der Waals surface area (Å²) < 4.78 is 13.5. The molecule has 1 heterocycles. The lowest BCUT2D eigenvalue weighted by atomic mass is 10.1. The van der Waals surface area contributed by atoms with Gasteiger partial charge in [-0.15, -0.1) is 0 Å². The highest BCUT2D eigenvalue weighted by Crippen LogP contribution is 2.16. The van der Waals surface area contributed by atoms with Crippen LogP contribution >= 0.6 is 11.6 Å². The van der Waals surface area contributed by atoms with E-state index in [4.69, 9.17) is 11.6 Å². The van der Waals surface area contributed by atoms with Gasteiger partial charge in [-0.1, -0.05) is 23.7 Å². The predicted molar refractivity (Wildman–Crippen MR) is 75.7 cm³/mol. The number of pyridine rings is 1. The standard InChI is InChI=1S/C15H16ClFN2/c1-10-5-12(6-11(2)15(10)17)7-19-8-13-3-4-18-9-14(13)16/h3-6,9,19H,7-8H2,1-2H3. The van der Waals surface area contributed by atoms with Crippen molar-refractivity contribution in [2.45, 2.75) is 26.9 Å². The predicted octanol–water partition coefficient (Wildman–Crippen LogP) is 3.78. The van der Waals surface area contributed by atoms with Gasteiger partial charge >= 0.3 is 0 Å². The van der Waals surface area contributed by atoms with E-state index in [1.165, 1.54) is 0 Å². The second-order valence-electron chi connectivity index (χ2n) is 4.61. The average Bonchev–Trinajstić information content (AvgIpc) is 2.38. The summed E-state index contributed by atoms with van der Waals surface area (Å²) in [5.74, 6) is -0.124. The molecule has 0 bridgehead atoms. The zero-order valence-corrected chi connectivity index (χ0v) is 11.8. The minimum absolute atomic E-state index is 0.124. The van der Waals surface area contributed by atoms with Crippen molar-refractivity contribution in [3.8, 4) is 0 Å². The van der Waals surface area contributed by atoms with Crippen molar-refractivity contribution in [2.75, 3.05) is 0 Å². The average molecular weight is 279 g/mol. The first kappa shape index (κ1) is 14.0. The van der Waals surface area contributed by atoms with Crippen LogP contribution in [0.3, 0.4) is 0 Å². The number of nitrogens with zero attached hydrogens (tertiary/aromatic N) is 1. The Bertz CT molecular complexity index is 561. The number of benzene rings is 1. The Morgan fingerprint density at radius 2 is 1.89 bits per heavy atom. The number of halogens is 2. The van der Waals surface area contributed by atoms with E-state index < -0.39 is 0 Å². The SMILES string of the molecule is Cc1cc(CNCc2ccncc2Cl)cc(C)c1F. The van der Waals surface area contributed by atoms with Crippen molar-refractivity contribution in [3.05, 3.63) is 63.7 Å². The van der Waals surface area contributed by atoms with Crippen LogP contribution < -0.4 is 5.32 Å². The number of rotatable bonds is 4. The molecule has 0 aliphatic carbocycles. The Balaban J connectivity index is 1.98. The molecule has 0 radical (unpaired) electrons. The van der Waals surface area contributed by atoms with Crippen molar-refractivity contribution in [1.82, 2.24) is 10.3 Å². The third-order valence-corrected chi connectivity index (χ3v) is 3.34. The van der Waals surface area contributed by atoms with Crippen LogP contribution in [0.5, 0.6) is 0 Å². The zero-order valence-electron chi connectivity index (χ0n) is 11.0. The van der Waals surface area contributed by atoms with Gasteiger partial charge in [0.25, 0.3) is 0 Å². The highest BCUT2D eigenvalue weighted by Gasteiger charge is 2.04. The lowest BCUT2D eigenvalue weighted by Gasteiger charge is -2.09. The number of nitrogens with one attached hydrogen (secondary N) is 1. The summed E-state index contributed by atoms with van der Waals surface area (Å²) in [6.45, 7) is 4.91. The monoisotopic (exact) mass is 278 g/mol. The van der Waals surface area contributed by atoms with Crippen molar-refractivity contribution < 1.29 is 4.39 Å². The van der Waals surface area contributed by atoms with Crippen LogP contribution in [0.25, 0.3) is 0 Å². The molecule has 0 saturated heterocycles. The third kappa shape index (κ3) is 3.52.